The number of nitrogens with zero attached hydrogens (tertiary/aromatic N) is 2. The van der Waals surface area contributed by atoms with E-state index < -0.39 is 0 Å². The fraction of sp³-hybridized carbons (Fsp3) is 0.458. The lowest BCUT2D eigenvalue weighted by molar-refractivity contribution is 0.0179. The summed E-state index contributed by atoms with van der Waals surface area (Å²) in [4.78, 5) is 7.27. The van der Waals surface area contributed by atoms with E-state index in [1.54, 1.807) is 0 Å². The number of aliphatic imine (C=N–C) groups is 1. The maximum absolute atomic E-state index is 13.4. The van der Waals surface area contributed by atoms with Gasteiger partial charge in [0.2, 0.25) is 0 Å². The van der Waals surface area contributed by atoms with Gasteiger partial charge in [-0.1, -0.05) is 36.4 Å². The molecule has 31 heavy (non-hydrogen) atoms. The van der Waals surface area contributed by atoms with Gasteiger partial charge in [0.15, 0.2) is 5.96 Å². The van der Waals surface area contributed by atoms with Crippen molar-refractivity contribution in [3.05, 3.63) is 71.0 Å². The third-order valence-electron chi connectivity index (χ3n) is 5.98. The van der Waals surface area contributed by atoms with Crippen LogP contribution < -0.4 is 10.6 Å². The number of guanidine groups is 1. The van der Waals surface area contributed by atoms with E-state index in [2.05, 4.69) is 46.7 Å². The predicted molar refractivity (Wildman–Crippen MR) is 134 cm³/mol. The minimum Gasteiger partial charge on any atom is -0.379 e. The molecule has 0 aromatic heterocycles. The first kappa shape index (κ1) is 23.9. The normalized spacial score (nSPS) is 19.5. The summed E-state index contributed by atoms with van der Waals surface area (Å²) in [5, 5.41) is 6.88. The Morgan fingerprint density at radius 2 is 1.87 bits per heavy atom. The number of hydrogen-bond donors (Lipinski definition) is 2. The molecule has 2 N–H and O–H groups in total. The molecule has 2 atom stereocenters. The van der Waals surface area contributed by atoms with E-state index in [1.807, 2.05) is 12.1 Å². The fourth-order valence-corrected chi connectivity index (χ4v) is 4.29. The summed E-state index contributed by atoms with van der Waals surface area (Å²) in [6, 6.07) is 15.6. The molecule has 2 aromatic rings. The molecule has 1 fully saturated rings. The molecule has 0 spiro atoms. The van der Waals surface area contributed by atoms with Crippen LogP contribution in [0.4, 0.5) is 4.39 Å². The Bertz CT molecular complexity index is 855. The zero-order valence-electron chi connectivity index (χ0n) is 18.0. The van der Waals surface area contributed by atoms with Crippen LogP contribution in [-0.4, -0.2) is 56.8 Å². The highest BCUT2D eigenvalue weighted by atomic mass is 127. The van der Waals surface area contributed by atoms with Crippen molar-refractivity contribution in [2.75, 3.05) is 45.9 Å². The molecule has 1 aliphatic carbocycles. The van der Waals surface area contributed by atoms with Gasteiger partial charge in [-0.25, -0.2) is 4.39 Å². The zero-order chi connectivity index (χ0) is 20.8. The number of rotatable bonds is 7. The first-order chi connectivity index (χ1) is 14.7. The topological polar surface area (TPSA) is 48.9 Å². The molecule has 1 saturated heterocycles. The molecule has 0 bridgehead atoms. The van der Waals surface area contributed by atoms with Crippen molar-refractivity contribution in [2.45, 2.75) is 25.3 Å². The number of morpholine rings is 1. The number of nitrogens with one attached hydrogen (secondary N) is 2. The molecule has 2 aliphatic rings. The Morgan fingerprint density at radius 3 is 2.58 bits per heavy atom. The molecular formula is C24H32FIN4O. The zero-order valence-corrected chi connectivity index (χ0v) is 20.3. The van der Waals surface area contributed by atoms with Crippen LogP contribution in [0.1, 0.15) is 35.6 Å². The lowest BCUT2D eigenvalue weighted by Gasteiger charge is -2.34. The number of halogens is 2. The summed E-state index contributed by atoms with van der Waals surface area (Å²) < 4.78 is 19.0. The molecule has 2 aromatic carbocycles. The average Bonchev–Trinajstić information content (AvgIpc) is 2.76. The van der Waals surface area contributed by atoms with Crippen LogP contribution in [0.25, 0.3) is 0 Å². The number of hydrogen-bond acceptors (Lipinski definition) is 3. The summed E-state index contributed by atoms with van der Waals surface area (Å²) >= 11 is 0. The Hall–Kier alpha value is -1.71. The van der Waals surface area contributed by atoms with E-state index in [1.165, 1.54) is 23.3 Å². The van der Waals surface area contributed by atoms with Gasteiger partial charge in [-0.05, 0) is 42.2 Å². The van der Waals surface area contributed by atoms with Crippen LogP contribution in [-0.2, 0) is 11.2 Å². The second-order valence-electron chi connectivity index (χ2n) is 7.92. The molecule has 0 radical (unpaired) electrons. The van der Waals surface area contributed by atoms with E-state index in [0.29, 0.717) is 12.5 Å². The Labute approximate surface area is 201 Å². The highest BCUT2D eigenvalue weighted by Crippen LogP contribution is 2.34. The van der Waals surface area contributed by atoms with Gasteiger partial charge >= 0.3 is 0 Å². The van der Waals surface area contributed by atoms with Gasteiger partial charge in [-0.15, -0.1) is 24.0 Å². The van der Waals surface area contributed by atoms with Gasteiger partial charge in [0, 0.05) is 32.1 Å². The van der Waals surface area contributed by atoms with Crippen LogP contribution in [0.3, 0.4) is 0 Å². The third kappa shape index (κ3) is 6.17. The quantitative estimate of drug-likeness (QED) is 0.321. The number of ether oxygens (including phenoxy) is 1. The second-order valence-corrected chi connectivity index (χ2v) is 7.92. The van der Waals surface area contributed by atoms with Crippen molar-refractivity contribution in [3.63, 3.8) is 0 Å². The number of benzene rings is 2. The van der Waals surface area contributed by atoms with E-state index in [0.717, 1.165) is 57.3 Å². The van der Waals surface area contributed by atoms with Gasteiger partial charge in [0.1, 0.15) is 5.82 Å². The summed E-state index contributed by atoms with van der Waals surface area (Å²) in [6.07, 6.45) is 1.12. The standard InChI is InChI=1S/C24H31FN4O.HI/c1-2-26-24(27-16-20-15-19-5-3-4-6-22(19)20)28-17-23(29-11-13-30-14-12-29)18-7-9-21(25)10-8-18;/h3-10,20,23H,2,11-17H2,1H3,(H2,26,27,28);1H. The van der Waals surface area contributed by atoms with Gasteiger partial charge < -0.3 is 15.4 Å². The molecule has 1 heterocycles. The van der Waals surface area contributed by atoms with Crippen LogP contribution in [0.5, 0.6) is 0 Å². The average molecular weight is 538 g/mol. The van der Waals surface area contributed by atoms with Crippen LogP contribution >= 0.6 is 24.0 Å². The van der Waals surface area contributed by atoms with Gasteiger partial charge in [-0.3, -0.25) is 9.89 Å². The van der Waals surface area contributed by atoms with Crippen molar-refractivity contribution in [1.29, 1.82) is 0 Å². The minimum atomic E-state index is -0.209. The van der Waals surface area contributed by atoms with Crippen molar-refractivity contribution >= 4 is 29.9 Å². The molecular weight excluding hydrogens is 506 g/mol. The van der Waals surface area contributed by atoms with Crippen molar-refractivity contribution in [1.82, 2.24) is 15.5 Å². The van der Waals surface area contributed by atoms with E-state index in [-0.39, 0.29) is 35.8 Å². The van der Waals surface area contributed by atoms with Crippen molar-refractivity contribution < 1.29 is 9.13 Å². The van der Waals surface area contributed by atoms with E-state index >= 15 is 0 Å². The Morgan fingerprint density at radius 1 is 1.13 bits per heavy atom. The minimum absolute atomic E-state index is 0. The molecule has 2 unspecified atom stereocenters. The van der Waals surface area contributed by atoms with Crippen LogP contribution in [0.15, 0.2) is 53.5 Å². The highest BCUT2D eigenvalue weighted by Gasteiger charge is 2.26. The highest BCUT2D eigenvalue weighted by molar-refractivity contribution is 14.0. The number of fused-ring (bicyclic) bond motifs is 1. The smallest absolute Gasteiger partial charge is 0.191 e. The lowest BCUT2D eigenvalue weighted by atomic mass is 9.78. The monoisotopic (exact) mass is 538 g/mol. The summed E-state index contributed by atoms with van der Waals surface area (Å²) in [5.74, 6) is 1.17. The summed E-state index contributed by atoms with van der Waals surface area (Å²) in [6.45, 7) is 7.55. The molecule has 168 valence electrons. The van der Waals surface area contributed by atoms with E-state index in [9.17, 15) is 4.39 Å². The molecule has 0 amide bonds. The van der Waals surface area contributed by atoms with E-state index in [4.69, 9.17) is 9.73 Å². The molecule has 1 aliphatic heterocycles. The SMILES string of the molecule is CCNC(=NCC(c1ccc(F)cc1)N1CCOCC1)NCC1Cc2ccccc21.I. The van der Waals surface area contributed by atoms with Crippen LogP contribution in [0.2, 0.25) is 0 Å². The third-order valence-corrected chi connectivity index (χ3v) is 5.98. The Kier molecular flexibility index (Phi) is 9.10. The first-order valence-corrected chi connectivity index (χ1v) is 10.9. The molecule has 0 saturated carbocycles. The molecule has 4 rings (SSSR count). The van der Waals surface area contributed by atoms with Crippen LogP contribution in [0, 0.1) is 5.82 Å². The van der Waals surface area contributed by atoms with Gasteiger partial charge in [0.05, 0.1) is 25.8 Å². The van der Waals surface area contributed by atoms with Crippen molar-refractivity contribution in [3.8, 4) is 0 Å². The maximum Gasteiger partial charge on any atom is 0.191 e. The van der Waals surface area contributed by atoms with Gasteiger partial charge in [-0.2, -0.15) is 0 Å². The van der Waals surface area contributed by atoms with Gasteiger partial charge in [0.25, 0.3) is 0 Å². The lowest BCUT2D eigenvalue weighted by Crippen LogP contribution is -2.43. The largest absolute Gasteiger partial charge is 0.379 e. The summed E-state index contributed by atoms with van der Waals surface area (Å²) in [5.41, 5.74) is 3.99. The maximum atomic E-state index is 13.4. The fourth-order valence-electron chi connectivity index (χ4n) is 4.29. The summed E-state index contributed by atoms with van der Waals surface area (Å²) in [7, 11) is 0. The first-order valence-electron chi connectivity index (χ1n) is 10.9. The Balaban J connectivity index is 0.00000272. The molecule has 5 nitrogen and oxygen atoms in total. The second kappa shape index (κ2) is 11.8. The predicted octanol–water partition coefficient (Wildman–Crippen LogP) is 3.71. The van der Waals surface area contributed by atoms with Crippen molar-refractivity contribution in [2.24, 2.45) is 4.99 Å². The molecule has 7 heteroatoms.